The summed E-state index contributed by atoms with van der Waals surface area (Å²) in [6.45, 7) is 8.41. The van der Waals surface area contributed by atoms with Crippen molar-refractivity contribution in [1.82, 2.24) is 9.97 Å². The van der Waals surface area contributed by atoms with Crippen molar-refractivity contribution in [2.24, 2.45) is 0 Å². The molecule has 1 heterocycles. The van der Waals surface area contributed by atoms with Gasteiger partial charge in [-0.1, -0.05) is 45.2 Å². The minimum Gasteiger partial charge on any atom is -0.494 e. The quantitative estimate of drug-likeness (QED) is 0.249. The molecule has 0 N–H and O–H groups in total. The van der Waals surface area contributed by atoms with Gasteiger partial charge in [0.1, 0.15) is 18.1 Å². The minimum atomic E-state index is 0.0806. The van der Waals surface area contributed by atoms with Gasteiger partial charge in [0.25, 0.3) is 0 Å². The molecule has 0 aliphatic rings. The SMILES string of the molecule is CCCCCCOc1ccc(-c2ncc(-c3ccc(OCC(C)OCCC)cc3)cn2)cc1. The highest BCUT2D eigenvalue weighted by Gasteiger charge is 2.06. The summed E-state index contributed by atoms with van der Waals surface area (Å²) >= 11 is 0. The van der Waals surface area contributed by atoms with Gasteiger partial charge < -0.3 is 14.2 Å². The largest absolute Gasteiger partial charge is 0.494 e. The summed E-state index contributed by atoms with van der Waals surface area (Å²) in [5.41, 5.74) is 3.00. The van der Waals surface area contributed by atoms with Crippen molar-refractivity contribution >= 4 is 0 Å². The molecule has 5 nitrogen and oxygen atoms in total. The molecule has 176 valence electrons. The summed E-state index contributed by atoms with van der Waals surface area (Å²) in [5.74, 6) is 2.42. The molecular weight excluding hydrogens is 412 g/mol. The Balaban J connectivity index is 1.52. The Kier molecular flexibility index (Phi) is 10.2. The summed E-state index contributed by atoms with van der Waals surface area (Å²) in [4.78, 5) is 9.12. The molecule has 0 saturated carbocycles. The predicted octanol–water partition coefficient (Wildman–Crippen LogP) is 6.96. The van der Waals surface area contributed by atoms with E-state index in [9.17, 15) is 0 Å². The highest BCUT2D eigenvalue weighted by Crippen LogP contribution is 2.24. The van der Waals surface area contributed by atoms with Gasteiger partial charge in [-0.2, -0.15) is 0 Å². The van der Waals surface area contributed by atoms with Crippen molar-refractivity contribution in [3.8, 4) is 34.0 Å². The van der Waals surface area contributed by atoms with Gasteiger partial charge >= 0.3 is 0 Å². The predicted molar refractivity (Wildman–Crippen MR) is 134 cm³/mol. The van der Waals surface area contributed by atoms with E-state index in [1.165, 1.54) is 19.3 Å². The zero-order valence-electron chi connectivity index (χ0n) is 20.1. The van der Waals surface area contributed by atoms with Crippen molar-refractivity contribution in [1.29, 1.82) is 0 Å². The molecule has 2 aromatic carbocycles. The lowest BCUT2D eigenvalue weighted by Gasteiger charge is -2.14. The first-order valence-corrected chi connectivity index (χ1v) is 12.1. The van der Waals surface area contributed by atoms with Crippen LogP contribution in [0.2, 0.25) is 0 Å². The van der Waals surface area contributed by atoms with E-state index in [-0.39, 0.29) is 6.10 Å². The Bertz CT molecular complexity index is 925. The lowest BCUT2D eigenvalue weighted by atomic mass is 10.1. The highest BCUT2D eigenvalue weighted by atomic mass is 16.5. The Morgan fingerprint density at radius 1 is 0.667 bits per heavy atom. The molecule has 33 heavy (non-hydrogen) atoms. The monoisotopic (exact) mass is 448 g/mol. The Morgan fingerprint density at radius 3 is 1.94 bits per heavy atom. The van der Waals surface area contributed by atoms with Crippen LogP contribution in [0.25, 0.3) is 22.5 Å². The van der Waals surface area contributed by atoms with Crippen LogP contribution in [0.15, 0.2) is 60.9 Å². The van der Waals surface area contributed by atoms with E-state index in [0.717, 1.165) is 54.2 Å². The number of hydrogen-bond donors (Lipinski definition) is 0. The molecule has 0 aliphatic heterocycles. The van der Waals surface area contributed by atoms with Crippen LogP contribution in [0.3, 0.4) is 0 Å². The van der Waals surface area contributed by atoms with E-state index >= 15 is 0 Å². The van der Waals surface area contributed by atoms with E-state index in [1.54, 1.807) is 0 Å². The maximum atomic E-state index is 5.82. The molecule has 1 atom stereocenters. The topological polar surface area (TPSA) is 53.5 Å². The first-order chi connectivity index (χ1) is 16.2. The molecule has 0 radical (unpaired) electrons. The number of ether oxygens (including phenoxy) is 3. The number of benzene rings is 2. The summed E-state index contributed by atoms with van der Waals surface area (Å²) in [6, 6.07) is 16.0. The minimum absolute atomic E-state index is 0.0806. The number of hydrogen-bond acceptors (Lipinski definition) is 5. The maximum Gasteiger partial charge on any atom is 0.159 e. The van der Waals surface area contributed by atoms with Gasteiger partial charge in [0.05, 0.1) is 12.7 Å². The second-order valence-electron chi connectivity index (χ2n) is 8.25. The lowest BCUT2D eigenvalue weighted by Crippen LogP contribution is -2.18. The molecule has 1 unspecified atom stereocenters. The molecule has 0 aliphatic carbocycles. The van der Waals surface area contributed by atoms with Gasteiger partial charge in [-0.05, 0) is 61.7 Å². The molecule has 0 fully saturated rings. The molecule has 0 amide bonds. The van der Waals surface area contributed by atoms with Crippen LogP contribution >= 0.6 is 0 Å². The van der Waals surface area contributed by atoms with E-state index in [1.807, 2.05) is 67.8 Å². The second-order valence-corrected chi connectivity index (χ2v) is 8.25. The van der Waals surface area contributed by atoms with Gasteiger partial charge in [0.2, 0.25) is 0 Å². The molecule has 5 heteroatoms. The fourth-order valence-electron chi connectivity index (χ4n) is 3.37. The van der Waals surface area contributed by atoms with Crippen LogP contribution in [-0.2, 0) is 4.74 Å². The zero-order chi connectivity index (χ0) is 23.3. The molecule has 0 spiro atoms. The third-order valence-corrected chi connectivity index (χ3v) is 5.31. The smallest absolute Gasteiger partial charge is 0.159 e. The van der Waals surface area contributed by atoms with Crippen molar-refractivity contribution in [2.75, 3.05) is 19.8 Å². The van der Waals surface area contributed by atoms with Crippen molar-refractivity contribution < 1.29 is 14.2 Å². The van der Waals surface area contributed by atoms with Crippen LogP contribution in [0.5, 0.6) is 11.5 Å². The van der Waals surface area contributed by atoms with Crippen LogP contribution in [0.1, 0.15) is 52.9 Å². The fraction of sp³-hybridized carbons (Fsp3) is 0.429. The van der Waals surface area contributed by atoms with Gasteiger partial charge in [0.15, 0.2) is 5.82 Å². The summed E-state index contributed by atoms with van der Waals surface area (Å²) in [6.07, 6.45) is 9.63. The number of aromatic nitrogens is 2. The molecule has 3 rings (SSSR count). The number of unbranched alkanes of at least 4 members (excludes halogenated alkanes) is 3. The standard InChI is InChI=1S/C28H36N2O3/c1-4-6-7-8-18-32-26-15-11-24(12-16-26)28-29-19-25(20-30-28)23-9-13-27(14-10-23)33-21-22(3)31-17-5-2/h9-16,19-20,22H,4-8,17-18,21H2,1-3H3. The Hall–Kier alpha value is -2.92. The van der Waals surface area contributed by atoms with Gasteiger partial charge in [-0.25, -0.2) is 9.97 Å². The first-order valence-electron chi connectivity index (χ1n) is 12.1. The summed E-state index contributed by atoms with van der Waals surface area (Å²) < 4.78 is 17.3. The van der Waals surface area contributed by atoms with Crippen molar-refractivity contribution in [3.05, 3.63) is 60.9 Å². The third-order valence-electron chi connectivity index (χ3n) is 5.31. The Morgan fingerprint density at radius 2 is 1.30 bits per heavy atom. The number of rotatable bonds is 14. The van der Waals surface area contributed by atoms with Gasteiger partial charge in [0, 0.05) is 30.1 Å². The van der Waals surface area contributed by atoms with Crippen LogP contribution < -0.4 is 9.47 Å². The van der Waals surface area contributed by atoms with Gasteiger partial charge in [-0.3, -0.25) is 0 Å². The van der Waals surface area contributed by atoms with Crippen LogP contribution in [0, 0.1) is 0 Å². The number of nitrogens with zero attached hydrogens (tertiary/aromatic N) is 2. The van der Waals surface area contributed by atoms with Crippen LogP contribution in [0.4, 0.5) is 0 Å². The van der Waals surface area contributed by atoms with E-state index < -0.39 is 0 Å². The second kappa shape index (κ2) is 13.6. The zero-order valence-corrected chi connectivity index (χ0v) is 20.1. The molecule has 3 aromatic rings. The van der Waals surface area contributed by atoms with E-state index in [0.29, 0.717) is 12.4 Å². The van der Waals surface area contributed by atoms with Gasteiger partial charge in [-0.15, -0.1) is 0 Å². The normalized spacial score (nSPS) is 11.8. The van der Waals surface area contributed by atoms with E-state index in [2.05, 4.69) is 23.8 Å². The third kappa shape index (κ3) is 8.17. The molecular formula is C28H36N2O3. The summed E-state index contributed by atoms with van der Waals surface area (Å²) in [5, 5.41) is 0. The lowest BCUT2D eigenvalue weighted by molar-refractivity contribution is 0.0327. The Labute approximate surface area is 198 Å². The molecule has 1 aromatic heterocycles. The summed E-state index contributed by atoms with van der Waals surface area (Å²) in [7, 11) is 0. The molecule has 0 bridgehead atoms. The fourth-order valence-corrected chi connectivity index (χ4v) is 3.37. The van der Waals surface area contributed by atoms with Crippen molar-refractivity contribution in [2.45, 2.75) is 59.0 Å². The maximum absolute atomic E-state index is 5.82. The highest BCUT2D eigenvalue weighted by molar-refractivity contribution is 5.64. The average Bonchev–Trinajstić information content (AvgIpc) is 2.87. The van der Waals surface area contributed by atoms with Crippen LogP contribution in [-0.4, -0.2) is 35.9 Å². The average molecular weight is 449 g/mol. The van der Waals surface area contributed by atoms with E-state index in [4.69, 9.17) is 14.2 Å². The molecule has 0 saturated heterocycles. The first kappa shape index (κ1) is 24.7. The van der Waals surface area contributed by atoms with Crippen molar-refractivity contribution in [3.63, 3.8) is 0 Å².